The van der Waals surface area contributed by atoms with Crippen molar-refractivity contribution in [1.82, 2.24) is 0 Å². The lowest BCUT2D eigenvalue weighted by atomic mass is 10.1. The van der Waals surface area contributed by atoms with Gasteiger partial charge in [-0.1, -0.05) is 24.0 Å². The van der Waals surface area contributed by atoms with Crippen molar-refractivity contribution in [3.8, 4) is 11.8 Å². The van der Waals surface area contributed by atoms with E-state index in [0.29, 0.717) is 18.7 Å². The summed E-state index contributed by atoms with van der Waals surface area (Å²) in [6.07, 6.45) is 1.41. The minimum Gasteiger partial charge on any atom is -0.481 e. The van der Waals surface area contributed by atoms with Crippen LogP contribution in [0, 0.1) is 11.8 Å². The van der Waals surface area contributed by atoms with Gasteiger partial charge in [-0.3, -0.25) is 4.79 Å². The van der Waals surface area contributed by atoms with Crippen molar-refractivity contribution in [2.24, 2.45) is 0 Å². The van der Waals surface area contributed by atoms with Crippen LogP contribution in [0.1, 0.15) is 24.0 Å². The highest BCUT2D eigenvalue weighted by atomic mass is 35.5. The van der Waals surface area contributed by atoms with Crippen molar-refractivity contribution in [1.29, 1.82) is 0 Å². The Morgan fingerprint density at radius 2 is 2.00 bits per heavy atom. The van der Waals surface area contributed by atoms with E-state index in [-0.39, 0.29) is 6.42 Å². The Morgan fingerprint density at radius 1 is 1.31 bits per heavy atom. The van der Waals surface area contributed by atoms with Gasteiger partial charge in [-0.15, -0.1) is 11.6 Å². The highest BCUT2D eigenvalue weighted by molar-refractivity contribution is 6.18. The number of aryl methyl sites for hydroxylation is 1. The molecule has 3 heteroatoms. The molecular weight excluding hydrogens is 224 g/mol. The first-order valence-electron chi connectivity index (χ1n) is 5.08. The fraction of sp³-hybridized carbons (Fsp3) is 0.308. The number of carbonyl (C=O) groups is 1. The van der Waals surface area contributed by atoms with E-state index < -0.39 is 5.97 Å². The second-order valence-corrected chi connectivity index (χ2v) is 3.71. The molecule has 84 valence electrons. The molecule has 0 spiro atoms. The molecule has 0 aliphatic rings. The summed E-state index contributed by atoms with van der Waals surface area (Å²) in [5.74, 6) is 5.70. The largest absolute Gasteiger partial charge is 0.481 e. The number of aliphatic carboxylic acids is 1. The molecule has 1 rings (SSSR count). The number of halogens is 1. The van der Waals surface area contributed by atoms with Gasteiger partial charge in [0.1, 0.15) is 0 Å². The molecule has 0 unspecified atom stereocenters. The molecule has 0 aromatic heterocycles. The first kappa shape index (κ1) is 12.6. The lowest BCUT2D eigenvalue weighted by Gasteiger charge is -1.98. The predicted molar refractivity (Wildman–Crippen MR) is 64.6 cm³/mol. The molecule has 0 saturated heterocycles. The van der Waals surface area contributed by atoms with E-state index in [2.05, 4.69) is 11.8 Å². The molecule has 0 bridgehead atoms. The molecule has 0 aliphatic carbocycles. The van der Waals surface area contributed by atoms with E-state index in [1.54, 1.807) is 0 Å². The molecule has 0 fully saturated rings. The summed E-state index contributed by atoms with van der Waals surface area (Å²) < 4.78 is 0. The minimum absolute atomic E-state index is 0.164. The molecule has 0 radical (unpaired) electrons. The molecule has 2 nitrogen and oxygen atoms in total. The number of hydrogen-bond donors (Lipinski definition) is 1. The zero-order valence-corrected chi connectivity index (χ0v) is 9.63. The SMILES string of the molecule is O=C(O)CCc1ccc(C#CCCCl)cc1. The summed E-state index contributed by atoms with van der Waals surface area (Å²) in [5.41, 5.74) is 1.95. The fourth-order valence-corrected chi connectivity index (χ4v) is 1.31. The third kappa shape index (κ3) is 4.86. The topological polar surface area (TPSA) is 37.3 Å². The maximum Gasteiger partial charge on any atom is 0.303 e. The Hall–Kier alpha value is -1.46. The van der Waals surface area contributed by atoms with Crippen LogP contribution in [0.4, 0.5) is 0 Å². The third-order valence-corrected chi connectivity index (χ3v) is 2.22. The molecule has 0 amide bonds. The van der Waals surface area contributed by atoms with Gasteiger partial charge in [0.2, 0.25) is 0 Å². The molecule has 1 aromatic carbocycles. The van der Waals surface area contributed by atoms with Gasteiger partial charge in [0.25, 0.3) is 0 Å². The molecule has 0 atom stereocenters. The molecule has 0 aliphatic heterocycles. The molecule has 16 heavy (non-hydrogen) atoms. The van der Waals surface area contributed by atoms with Crippen molar-refractivity contribution in [3.05, 3.63) is 35.4 Å². The highest BCUT2D eigenvalue weighted by Gasteiger charge is 1.98. The van der Waals surface area contributed by atoms with Crippen molar-refractivity contribution < 1.29 is 9.90 Å². The van der Waals surface area contributed by atoms with Crippen LogP contribution < -0.4 is 0 Å². The van der Waals surface area contributed by atoms with Gasteiger partial charge < -0.3 is 5.11 Å². The third-order valence-electron chi connectivity index (χ3n) is 2.03. The summed E-state index contributed by atoms with van der Waals surface area (Å²) >= 11 is 5.51. The van der Waals surface area contributed by atoms with Crippen LogP contribution in [-0.4, -0.2) is 17.0 Å². The summed E-state index contributed by atoms with van der Waals surface area (Å²) in [7, 11) is 0. The summed E-state index contributed by atoms with van der Waals surface area (Å²) in [4.78, 5) is 10.4. The summed E-state index contributed by atoms with van der Waals surface area (Å²) in [6.45, 7) is 0. The van der Waals surface area contributed by atoms with E-state index in [1.807, 2.05) is 24.3 Å². The van der Waals surface area contributed by atoms with Crippen molar-refractivity contribution in [2.45, 2.75) is 19.3 Å². The predicted octanol–water partition coefficient (Wildman–Crippen LogP) is 2.68. The lowest BCUT2D eigenvalue weighted by Crippen LogP contribution is -1.97. The van der Waals surface area contributed by atoms with Gasteiger partial charge in [-0.05, 0) is 24.1 Å². The monoisotopic (exact) mass is 236 g/mol. The molecular formula is C13H13ClO2. The number of carboxylic acid groups (broad SMARTS) is 1. The molecule has 0 heterocycles. The average molecular weight is 237 g/mol. The Morgan fingerprint density at radius 3 is 2.56 bits per heavy atom. The van der Waals surface area contributed by atoms with Gasteiger partial charge >= 0.3 is 5.97 Å². The van der Waals surface area contributed by atoms with E-state index >= 15 is 0 Å². The van der Waals surface area contributed by atoms with Gasteiger partial charge in [-0.25, -0.2) is 0 Å². The Bertz CT molecular complexity index is 398. The van der Waals surface area contributed by atoms with Crippen molar-refractivity contribution in [3.63, 3.8) is 0 Å². The smallest absolute Gasteiger partial charge is 0.303 e. The van der Waals surface area contributed by atoms with Gasteiger partial charge in [0.05, 0.1) is 0 Å². The van der Waals surface area contributed by atoms with E-state index in [1.165, 1.54) is 0 Å². The van der Waals surface area contributed by atoms with E-state index in [0.717, 1.165) is 11.1 Å². The lowest BCUT2D eigenvalue weighted by molar-refractivity contribution is -0.136. The number of rotatable bonds is 4. The van der Waals surface area contributed by atoms with Crippen LogP contribution in [0.2, 0.25) is 0 Å². The van der Waals surface area contributed by atoms with Gasteiger partial charge in [0, 0.05) is 24.3 Å². The number of carboxylic acids is 1. The molecule has 1 aromatic rings. The van der Waals surface area contributed by atoms with Crippen LogP contribution >= 0.6 is 11.6 Å². The fourth-order valence-electron chi connectivity index (χ4n) is 1.22. The first-order valence-corrected chi connectivity index (χ1v) is 5.61. The van der Waals surface area contributed by atoms with Crippen molar-refractivity contribution in [2.75, 3.05) is 5.88 Å². The van der Waals surface area contributed by atoms with Gasteiger partial charge in [-0.2, -0.15) is 0 Å². The maximum absolute atomic E-state index is 10.4. The second kappa shape index (κ2) is 6.92. The Balaban J connectivity index is 2.55. The number of hydrogen-bond acceptors (Lipinski definition) is 1. The summed E-state index contributed by atoms with van der Waals surface area (Å²) in [6, 6.07) is 7.62. The van der Waals surface area contributed by atoms with Gasteiger partial charge in [0.15, 0.2) is 0 Å². The van der Waals surface area contributed by atoms with E-state index in [4.69, 9.17) is 16.7 Å². The molecule has 0 saturated carbocycles. The second-order valence-electron chi connectivity index (χ2n) is 3.33. The van der Waals surface area contributed by atoms with Crippen LogP contribution in [0.5, 0.6) is 0 Å². The van der Waals surface area contributed by atoms with E-state index in [9.17, 15) is 4.79 Å². The van der Waals surface area contributed by atoms with Crippen LogP contribution in [0.15, 0.2) is 24.3 Å². The van der Waals surface area contributed by atoms with Crippen LogP contribution in [-0.2, 0) is 11.2 Å². The Labute approximate surface area is 100 Å². The normalized spacial score (nSPS) is 9.31. The zero-order chi connectivity index (χ0) is 11.8. The molecule has 1 N–H and O–H groups in total. The standard InChI is InChI=1S/C13H13ClO2/c14-10-2-1-3-11-4-6-12(7-5-11)8-9-13(15)16/h4-7H,2,8-10H2,(H,15,16). The average Bonchev–Trinajstić information content (AvgIpc) is 2.28. The quantitative estimate of drug-likeness (QED) is 0.645. The zero-order valence-electron chi connectivity index (χ0n) is 8.87. The maximum atomic E-state index is 10.4. The highest BCUT2D eigenvalue weighted by Crippen LogP contribution is 2.06. The van der Waals surface area contributed by atoms with Crippen molar-refractivity contribution >= 4 is 17.6 Å². The minimum atomic E-state index is -0.772. The van der Waals surface area contributed by atoms with Crippen LogP contribution in [0.3, 0.4) is 0 Å². The Kier molecular flexibility index (Phi) is 5.45. The number of benzene rings is 1. The first-order chi connectivity index (χ1) is 7.72. The number of alkyl halides is 1. The van der Waals surface area contributed by atoms with Crippen LogP contribution in [0.25, 0.3) is 0 Å². The summed E-state index contributed by atoms with van der Waals surface area (Å²) in [5, 5.41) is 8.54.